The highest BCUT2D eigenvalue weighted by Gasteiger charge is 2.39. The molecule has 4 rings (SSSR count). The Labute approximate surface area is 148 Å². The van der Waals surface area contributed by atoms with Gasteiger partial charge in [-0.05, 0) is 62.0 Å². The number of H-pyrrole nitrogens is 1. The van der Waals surface area contributed by atoms with Crippen LogP contribution in [0.1, 0.15) is 62.4 Å². The fraction of sp³-hybridized carbons (Fsp3) is 0.524. The van der Waals surface area contributed by atoms with Crippen LogP contribution in [0.15, 0.2) is 35.1 Å². The van der Waals surface area contributed by atoms with Gasteiger partial charge in [-0.3, -0.25) is 9.59 Å². The van der Waals surface area contributed by atoms with Crippen molar-refractivity contribution in [1.82, 2.24) is 9.88 Å². The molecule has 0 spiro atoms. The highest BCUT2D eigenvalue weighted by molar-refractivity contribution is 5.96. The molecule has 25 heavy (non-hydrogen) atoms. The predicted molar refractivity (Wildman–Crippen MR) is 99.8 cm³/mol. The number of carbonyl (C=O) groups is 1. The van der Waals surface area contributed by atoms with Crippen LogP contribution in [0.2, 0.25) is 0 Å². The molecule has 0 unspecified atom stereocenters. The van der Waals surface area contributed by atoms with Crippen molar-refractivity contribution < 1.29 is 4.79 Å². The number of nitrogens with one attached hydrogen (secondary N) is 1. The van der Waals surface area contributed by atoms with E-state index < -0.39 is 0 Å². The molecule has 1 heterocycles. The Balaban J connectivity index is 1.62. The summed E-state index contributed by atoms with van der Waals surface area (Å²) in [5.74, 6) is 0.818. The molecule has 1 aromatic heterocycles. The van der Waals surface area contributed by atoms with Crippen molar-refractivity contribution in [2.24, 2.45) is 5.92 Å². The molecule has 2 saturated carbocycles. The van der Waals surface area contributed by atoms with Gasteiger partial charge < -0.3 is 9.88 Å². The van der Waals surface area contributed by atoms with Crippen LogP contribution in [0.3, 0.4) is 0 Å². The lowest BCUT2D eigenvalue weighted by Gasteiger charge is -2.37. The number of rotatable bonds is 4. The second-order valence-corrected chi connectivity index (χ2v) is 7.63. The van der Waals surface area contributed by atoms with E-state index in [0.29, 0.717) is 23.2 Å². The Hall–Kier alpha value is -2.10. The van der Waals surface area contributed by atoms with Gasteiger partial charge in [-0.15, -0.1) is 0 Å². The number of aromatic nitrogens is 1. The first-order valence-corrected chi connectivity index (χ1v) is 9.62. The van der Waals surface area contributed by atoms with E-state index in [1.54, 1.807) is 6.07 Å². The van der Waals surface area contributed by atoms with Crippen LogP contribution in [-0.2, 0) is 0 Å². The number of aromatic amines is 1. The second-order valence-electron chi connectivity index (χ2n) is 7.63. The summed E-state index contributed by atoms with van der Waals surface area (Å²) in [6, 6.07) is 9.99. The van der Waals surface area contributed by atoms with Crippen LogP contribution < -0.4 is 5.56 Å². The Morgan fingerprint density at radius 2 is 1.72 bits per heavy atom. The van der Waals surface area contributed by atoms with E-state index in [-0.39, 0.29) is 11.5 Å². The largest absolute Gasteiger partial charge is 0.331 e. The fourth-order valence-electron chi connectivity index (χ4n) is 4.28. The third-order valence-corrected chi connectivity index (χ3v) is 5.95. The van der Waals surface area contributed by atoms with Crippen molar-refractivity contribution in [3.63, 3.8) is 0 Å². The molecule has 4 nitrogen and oxygen atoms in total. The summed E-state index contributed by atoms with van der Waals surface area (Å²) in [7, 11) is 0. The molecular formula is C21H26N2O2. The monoisotopic (exact) mass is 338 g/mol. The normalized spacial score (nSPS) is 23.6. The zero-order valence-corrected chi connectivity index (χ0v) is 14.8. The van der Waals surface area contributed by atoms with E-state index in [0.717, 1.165) is 37.0 Å². The first-order chi connectivity index (χ1) is 12.2. The number of hydrogen-bond donors (Lipinski definition) is 1. The second kappa shape index (κ2) is 6.66. The first kappa shape index (κ1) is 16.4. The summed E-state index contributed by atoms with van der Waals surface area (Å²) in [4.78, 5) is 30.5. The lowest BCUT2D eigenvalue weighted by Crippen LogP contribution is -2.44. The highest BCUT2D eigenvalue weighted by atomic mass is 16.2. The van der Waals surface area contributed by atoms with Gasteiger partial charge in [0.05, 0.1) is 0 Å². The maximum absolute atomic E-state index is 13.2. The fourth-order valence-corrected chi connectivity index (χ4v) is 4.28. The third kappa shape index (κ3) is 3.22. The molecule has 2 fully saturated rings. The minimum atomic E-state index is -0.174. The lowest BCUT2D eigenvalue weighted by atomic mass is 9.83. The lowest BCUT2D eigenvalue weighted by molar-refractivity contribution is 0.0581. The zero-order valence-electron chi connectivity index (χ0n) is 14.8. The maximum Gasteiger partial charge on any atom is 0.270 e. The molecule has 1 aromatic carbocycles. The van der Waals surface area contributed by atoms with Gasteiger partial charge in [0.25, 0.3) is 11.5 Å². The summed E-state index contributed by atoms with van der Waals surface area (Å²) >= 11 is 0. The Morgan fingerprint density at radius 3 is 2.36 bits per heavy atom. The molecule has 0 radical (unpaired) electrons. The average molecular weight is 338 g/mol. The smallest absolute Gasteiger partial charge is 0.270 e. The predicted octanol–water partition coefficient (Wildman–Crippen LogP) is 4.10. The number of nitrogens with zero attached hydrogens (tertiary/aromatic N) is 1. The van der Waals surface area contributed by atoms with Gasteiger partial charge in [-0.25, -0.2) is 0 Å². The van der Waals surface area contributed by atoms with Crippen molar-refractivity contribution in [3.05, 3.63) is 46.4 Å². The van der Waals surface area contributed by atoms with Crippen LogP contribution in [0.4, 0.5) is 0 Å². The van der Waals surface area contributed by atoms with Crippen molar-refractivity contribution in [1.29, 1.82) is 0 Å². The topological polar surface area (TPSA) is 53.2 Å². The number of fused-ring (bicyclic) bond motifs is 1. The molecular weight excluding hydrogens is 312 g/mol. The number of pyridine rings is 1. The summed E-state index contributed by atoms with van der Waals surface area (Å²) in [6.45, 7) is 2.26. The molecule has 2 aliphatic carbocycles. The standard InChI is InChI=1S/C21H26N2O2/c1-2-14-7-9-16(10-8-14)23(17-11-12-17)21(25)19-13-15-5-3-4-6-18(15)20(24)22-19/h3-6,13-14,16-17H,2,7-12H2,1H3,(H,22,24). The van der Waals surface area contributed by atoms with Gasteiger partial charge >= 0.3 is 0 Å². The summed E-state index contributed by atoms with van der Waals surface area (Å²) in [5.41, 5.74) is 0.264. The molecule has 0 saturated heterocycles. The molecule has 0 aliphatic heterocycles. The van der Waals surface area contributed by atoms with Crippen LogP contribution in [0.5, 0.6) is 0 Å². The van der Waals surface area contributed by atoms with Gasteiger partial charge in [0.2, 0.25) is 0 Å². The molecule has 1 amide bonds. The van der Waals surface area contributed by atoms with Gasteiger partial charge in [0.15, 0.2) is 0 Å². The van der Waals surface area contributed by atoms with E-state index in [4.69, 9.17) is 0 Å². The van der Waals surface area contributed by atoms with Gasteiger partial charge in [-0.2, -0.15) is 0 Å². The number of benzene rings is 1. The minimum absolute atomic E-state index is 0.00491. The Morgan fingerprint density at radius 1 is 1.08 bits per heavy atom. The SMILES string of the molecule is CCC1CCC(N(C(=O)c2cc3ccccc3c(=O)[nH]2)C2CC2)CC1. The van der Waals surface area contributed by atoms with Crippen LogP contribution in [-0.4, -0.2) is 27.9 Å². The van der Waals surface area contributed by atoms with Crippen LogP contribution in [0, 0.1) is 5.92 Å². The van der Waals surface area contributed by atoms with E-state index in [2.05, 4.69) is 16.8 Å². The van der Waals surface area contributed by atoms with Crippen molar-refractivity contribution >= 4 is 16.7 Å². The summed E-state index contributed by atoms with van der Waals surface area (Å²) in [5, 5.41) is 1.47. The number of amides is 1. The van der Waals surface area contributed by atoms with Crippen molar-refractivity contribution in [3.8, 4) is 0 Å². The Kier molecular flexibility index (Phi) is 4.36. The quantitative estimate of drug-likeness (QED) is 0.912. The van der Waals surface area contributed by atoms with Crippen molar-refractivity contribution in [2.75, 3.05) is 0 Å². The van der Waals surface area contributed by atoms with Gasteiger partial charge in [0, 0.05) is 17.5 Å². The molecule has 1 N–H and O–H groups in total. The van der Waals surface area contributed by atoms with E-state index in [1.165, 1.54) is 19.3 Å². The highest BCUT2D eigenvalue weighted by Crippen LogP contribution is 2.37. The minimum Gasteiger partial charge on any atom is -0.331 e. The molecule has 2 aromatic rings. The van der Waals surface area contributed by atoms with E-state index in [9.17, 15) is 9.59 Å². The molecule has 0 atom stereocenters. The van der Waals surface area contributed by atoms with Crippen molar-refractivity contribution in [2.45, 2.75) is 64.0 Å². The van der Waals surface area contributed by atoms with E-state index in [1.807, 2.05) is 24.3 Å². The molecule has 132 valence electrons. The zero-order chi connectivity index (χ0) is 17.4. The number of carbonyl (C=O) groups excluding carboxylic acids is 1. The van der Waals surface area contributed by atoms with Crippen LogP contribution in [0.25, 0.3) is 10.8 Å². The maximum atomic E-state index is 13.2. The molecule has 4 heteroatoms. The van der Waals surface area contributed by atoms with E-state index >= 15 is 0 Å². The average Bonchev–Trinajstić information content (AvgIpc) is 3.47. The van der Waals surface area contributed by atoms with Gasteiger partial charge in [-0.1, -0.05) is 31.5 Å². The Bertz CT molecular complexity index is 829. The van der Waals surface area contributed by atoms with Crippen LogP contribution >= 0.6 is 0 Å². The molecule has 0 bridgehead atoms. The summed E-state index contributed by atoms with van der Waals surface area (Å²) < 4.78 is 0. The third-order valence-electron chi connectivity index (χ3n) is 5.95. The summed E-state index contributed by atoms with van der Waals surface area (Å²) in [6.07, 6.45) is 8.05. The molecule has 2 aliphatic rings. The first-order valence-electron chi connectivity index (χ1n) is 9.62. The van der Waals surface area contributed by atoms with Gasteiger partial charge in [0.1, 0.15) is 5.69 Å². The number of hydrogen-bond acceptors (Lipinski definition) is 2.